The highest BCUT2D eigenvalue weighted by atomic mass is 79.9. The number of halogens is 1. The highest BCUT2D eigenvalue weighted by Gasteiger charge is 2.31. The van der Waals surface area contributed by atoms with Crippen molar-refractivity contribution in [1.82, 2.24) is 9.88 Å². The first-order valence-electron chi connectivity index (χ1n) is 7.08. The van der Waals surface area contributed by atoms with Crippen molar-refractivity contribution in [3.8, 4) is 0 Å². The van der Waals surface area contributed by atoms with E-state index in [1.807, 2.05) is 18.2 Å². The van der Waals surface area contributed by atoms with Gasteiger partial charge in [0, 0.05) is 22.9 Å². The van der Waals surface area contributed by atoms with Gasteiger partial charge in [0.25, 0.3) is 0 Å². The van der Waals surface area contributed by atoms with E-state index in [2.05, 4.69) is 26.2 Å². The maximum absolute atomic E-state index is 12.3. The molecule has 0 saturated carbocycles. The second-order valence-corrected chi connectivity index (χ2v) is 6.37. The summed E-state index contributed by atoms with van der Waals surface area (Å²) in [5.74, 6) is -0.607. The van der Waals surface area contributed by atoms with E-state index >= 15 is 0 Å². The number of amides is 2. The first-order chi connectivity index (χ1) is 11.0. The van der Waals surface area contributed by atoms with Gasteiger partial charge in [-0.1, -0.05) is 15.9 Å². The number of rotatable bonds is 2. The summed E-state index contributed by atoms with van der Waals surface area (Å²) in [6.45, 7) is 0.571. The van der Waals surface area contributed by atoms with Crippen molar-refractivity contribution in [3.63, 3.8) is 0 Å². The van der Waals surface area contributed by atoms with Crippen molar-refractivity contribution in [1.29, 1.82) is 0 Å². The van der Waals surface area contributed by atoms with Crippen molar-refractivity contribution < 1.29 is 14.7 Å². The number of benzene rings is 1. The fourth-order valence-corrected chi connectivity index (χ4v) is 3.02. The number of likely N-dealkylation sites (tertiary alicyclic amines) is 1. The van der Waals surface area contributed by atoms with Gasteiger partial charge in [-0.25, -0.2) is 4.79 Å². The smallest absolute Gasteiger partial charge is 0.407 e. The lowest BCUT2D eigenvalue weighted by atomic mass is 10.1. The van der Waals surface area contributed by atoms with Gasteiger partial charge < -0.3 is 21.1 Å². The van der Waals surface area contributed by atoms with Gasteiger partial charge >= 0.3 is 6.09 Å². The molecule has 23 heavy (non-hydrogen) atoms. The zero-order valence-corrected chi connectivity index (χ0v) is 13.7. The van der Waals surface area contributed by atoms with Gasteiger partial charge in [0.15, 0.2) is 0 Å². The SMILES string of the molecule is Nc1c(NC(=O)[C@@H]2CCN(C(=O)O)C2)cnc2cc(Br)ccc12. The zero-order chi connectivity index (χ0) is 16.6. The molecule has 3 rings (SSSR count). The van der Waals surface area contributed by atoms with Crippen LogP contribution in [0.4, 0.5) is 16.2 Å². The van der Waals surface area contributed by atoms with Gasteiger partial charge in [-0.3, -0.25) is 9.78 Å². The number of hydrogen-bond donors (Lipinski definition) is 3. The maximum Gasteiger partial charge on any atom is 0.407 e. The van der Waals surface area contributed by atoms with E-state index in [9.17, 15) is 9.59 Å². The lowest BCUT2D eigenvalue weighted by molar-refractivity contribution is -0.119. The zero-order valence-electron chi connectivity index (χ0n) is 12.1. The molecular weight excluding hydrogens is 364 g/mol. The van der Waals surface area contributed by atoms with Crippen LogP contribution in [-0.4, -0.2) is 40.1 Å². The minimum Gasteiger partial charge on any atom is -0.465 e. The van der Waals surface area contributed by atoms with Crippen LogP contribution in [0.15, 0.2) is 28.9 Å². The molecule has 7 nitrogen and oxygen atoms in total. The number of pyridine rings is 1. The van der Waals surface area contributed by atoms with Crippen LogP contribution >= 0.6 is 15.9 Å². The third-order valence-electron chi connectivity index (χ3n) is 3.96. The van der Waals surface area contributed by atoms with Crippen LogP contribution in [0.1, 0.15) is 6.42 Å². The summed E-state index contributed by atoms with van der Waals surface area (Å²) in [6, 6.07) is 5.53. The molecular formula is C15H15BrN4O3. The van der Waals surface area contributed by atoms with Gasteiger partial charge in [0.1, 0.15) is 0 Å². The number of carboxylic acid groups (broad SMARTS) is 1. The highest BCUT2D eigenvalue weighted by molar-refractivity contribution is 9.10. The minimum absolute atomic E-state index is 0.203. The largest absolute Gasteiger partial charge is 0.465 e. The van der Waals surface area contributed by atoms with Crippen LogP contribution in [0.3, 0.4) is 0 Å². The Bertz CT molecular complexity index is 796. The van der Waals surface area contributed by atoms with E-state index < -0.39 is 6.09 Å². The standard InChI is InChI=1S/C15H15BrN4O3/c16-9-1-2-10-11(5-9)18-6-12(13(10)17)19-14(21)8-3-4-20(7-8)15(22)23/h1-2,5-6,8H,3-4,7H2,(H2,17,18)(H,19,21)(H,22,23)/t8-/m1/s1. The number of hydrogen-bond acceptors (Lipinski definition) is 4. The lowest BCUT2D eigenvalue weighted by Gasteiger charge is -2.14. The van der Waals surface area contributed by atoms with Crippen molar-refractivity contribution >= 4 is 50.2 Å². The molecule has 2 aromatic rings. The van der Waals surface area contributed by atoms with Crippen molar-refractivity contribution in [2.75, 3.05) is 24.1 Å². The molecule has 0 radical (unpaired) electrons. The molecule has 1 aliphatic heterocycles. The van der Waals surface area contributed by atoms with E-state index in [0.717, 1.165) is 15.4 Å². The number of nitrogen functional groups attached to an aromatic ring is 1. The lowest BCUT2D eigenvalue weighted by Crippen LogP contribution is -2.30. The summed E-state index contributed by atoms with van der Waals surface area (Å²) in [5, 5.41) is 12.5. The molecule has 0 bridgehead atoms. The topological polar surface area (TPSA) is 109 Å². The average Bonchev–Trinajstić information content (AvgIpc) is 3.00. The normalized spacial score (nSPS) is 17.4. The monoisotopic (exact) mass is 378 g/mol. The molecule has 8 heteroatoms. The summed E-state index contributed by atoms with van der Waals surface area (Å²) in [7, 11) is 0. The number of anilines is 2. The second-order valence-electron chi connectivity index (χ2n) is 5.45. The fourth-order valence-electron chi connectivity index (χ4n) is 2.67. The first-order valence-corrected chi connectivity index (χ1v) is 7.87. The number of nitrogens with zero attached hydrogens (tertiary/aromatic N) is 2. The summed E-state index contributed by atoms with van der Waals surface area (Å²) in [5.41, 5.74) is 7.74. The number of nitrogens with two attached hydrogens (primary N) is 1. The Labute approximate surface area is 140 Å². The Morgan fingerprint density at radius 3 is 2.91 bits per heavy atom. The number of aromatic nitrogens is 1. The third kappa shape index (κ3) is 3.07. The predicted molar refractivity (Wildman–Crippen MR) is 90.2 cm³/mol. The van der Waals surface area contributed by atoms with E-state index in [-0.39, 0.29) is 18.4 Å². The van der Waals surface area contributed by atoms with Gasteiger partial charge in [-0.2, -0.15) is 0 Å². The van der Waals surface area contributed by atoms with Crippen LogP contribution in [0.2, 0.25) is 0 Å². The van der Waals surface area contributed by atoms with Crippen LogP contribution in [0.5, 0.6) is 0 Å². The summed E-state index contributed by atoms with van der Waals surface area (Å²) >= 11 is 3.37. The molecule has 0 spiro atoms. The number of fused-ring (bicyclic) bond motifs is 1. The van der Waals surface area contributed by atoms with E-state index in [0.29, 0.717) is 24.3 Å². The Morgan fingerprint density at radius 1 is 1.43 bits per heavy atom. The Hall–Kier alpha value is -2.35. The number of carbonyl (C=O) groups is 2. The fraction of sp³-hybridized carbons (Fsp3) is 0.267. The molecule has 0 aliphatic carbocycles. The molecule has 1 atom stereocenters. The molecule has 1 fully saturated rings. The minimum atomic E-state index is -1.00. The van der Waals surface area contributed by atoms with Crippen molar-refractivity contribution in [2.24, 2.45) is 5.92 Å². The summed E-state index contributed by atoms with van der Waals surface area (Å²) in [6.07, 6.45) is 1.02. The van der Waals surface area contributed by atoms with E-state index in [1.165, 1.54) is 11.1 Å². The van der Waals surface area contributed by atoms with Gasteiger partial charge in [-0.05, 0) is 24.6 Å². The molecule has 0 unspecified atom stereocenters. The highest BCUT2D eigenvalue weighted by Crippen LogP contribution is 2.29. The second kappa shape index (κ2) is 6.04. The maximum atomic E-state index is 12.3. The third-order valence-corrected chi connectivity index (χ3v) is 4.45. The Kier molecular flexibility index (Phi) is 4.08. The van der Waals surface area contributed by atoms with Crippen molar-refractivity contribution in [3.05, 3.63) is 28.9 Å². The van der Waals surface area contributed by atoms with E-state index in [1.54, 1.807) is 0 Å². The first kappa shape index (κ1) is 15.5. The van der Waals surface area contributed by atoms with Gasteiger partial charge in [0.05, 0.1) is 29.0 Å². The Balaban J connectivity index is 1.79. The van der Waals surface area contributed by atoms with Crippen LogP contribution in [-0.2, 0) is 4.79 Å². The van der Waals surface area contributed by atoms with Gasteiger partial charge in [0.2, 0.25) is 5.91 Å². The molecule has 2 heterocycles. The molecule has 2 amide bonds. The molecule has 1 aromatic carbocycles. The summed E-state index contributed by atoms with van der Waals surface area (Å²) in [4.78, 5) is 28.8. The van der Waals surface area contributed by atoms with Gasteiger partial charge in [-0.15, -0.1) is 0 Å². The van der Waals surface area contributed by atoms with Crippen LogP contribution in [0, 0.1) is 5.92 Å². The Morgan fingerprint density at radius 2 is 2.22 bits per heavy atom. The molecule has 4 N–H and O–H groups in total. The molecule has 1 aliphatic rings. The van der Waals surface area contributed by atoms with Crippen LogP contribution in [0.25, 0.3) is 10.9 Å². The van der Waals surface area contributed by atoms with Crippen LogP contribution < -0.4 is 11.1 Å². The summed E-state index contributed by atoms with van der Waals surface area (Å²) < 4.78 is 0.897. The molecule has 120 valence electrons. The molecule has 1 aromatic heterocycles. The predicted octanol–water partition coefficient (Wildman–Crippen LogP) is 2.52. The average molecular weight is 379 g/mol. The number of carbonyl (C=O) groups excluding carboxylic acids is 1. The van der Waals surface area contributed by atoms with E-state index in [4.69, 9.17) is 10.8 Å². The van der Waals surface area contributed by atoms with Crippen molar-refractivity contribution in [2.45, 2.75) is 6.42 Å². The quantitative estimate of drug-likeness (QED) is 0.743. The molecule has 1 saturated heterocycles. The number of nitrogens with one attached hydrogen (secondary N) is 1.